The Bertz CT molecular complexity index is 1160. The largest absolute Gasteiger partial charge is 0.796 e. The van der Waals surface area contributed by atoms with Gasteiger partial charge in [0.2, 0.25) is 5.89 Å². The molecule has 0 aliphatic rings. The molecule has 0 N–H and O–H groups in total. The Kier molecular flexibility index (Phi) is 4.82. The molecule has 4 aromatic rings. The molecule has 0 aliphatic heterocycles. The van der Waals surface area contributed by atoms with E-state index < -0.39 is 7.47 Å². The van der Waals surface area contributed by atoms with E-state index in [-0.39, 0.29) is 11.6 Å². The summed E-state index contributed by atoms with van der Waals surface area (Å²) in [6, 6.07) is 19.7. The summed E-state index contributed by atoms with van der Waals surface area (Å²) in [5.74, 6) is 6.30. The molecular weight excluding hydrogens is 359 g/mol. The van der Waals surface area contributed by atoms with Crippen LogP contribution in [0.2, 0.25) is 0 Å². The summed E-state index contributed by atoms with van der Waals surface area (Å²) in [5, 5.41) is 0. The first-order valence-electron chi connectivity index (χ1n) is 8.62. The predicted octanol–water partition coefficient (Wildman–Crippen LogP) is 5.51. The van der Waals surface area contributed by atoms with E-state index in [0.717, 1.165) is 11.1 Å². The zero-order valence-electron chi connectivity index (χ0n) is 14.9. The molecule has 1 aromatic heterocycles. The number of para-hydroxylation sites is 2. The van der Waals surface area contributed by atoms with Crippen LogP contribution in [0.25, 0.3) is 22.6 Å². The van der Waals surface area contributed by atoms with Crippen LogP contribution in [0, 0.1) is 18.8 Å². The summed E-state index contributed by atoms with van der Waals surface area (Å²) in [5.41, 5.74) is 4.18. The molecule has 0 fully saturated rings. The van der Waals surface area contributed by atoms with Crippen LogP contribution in [0.5, 0.6) is 5.75 Å². The van der Waals surface area contributed by atoms with Gasteiger partial charge >= 0.3 is 7.47 Å². The van der Waals surface area contributed by atoms with Gasteiger partial charge in [0.15, 0.2) is 5.58 Å². The van der Waals surface area contributed by atoms with Gasteiger partial charge in [-0.05, 0) is 49.4 Å². The van der Waals surface area contributed by atoms with Gasteiger partial charge in [-0.25, -0.2) is 13.6 Å². The fourth-order valence-corrected chi connectivity index (χ4v) is 2.74. The number of aryl methyl sites for hydroxylation is 1. The minimum Gasteiger partial charge on any atom is -0.505 e. The number of fused-ring (bicyclic) bond motifs is 1. The van der Waals surface area contributed by atoms with E-state index in [9.17, 15) is 8.63 Å². The third kappa shape index (κ3) is 3.89. The highest BCUT2D eigenvalue weighted by Gasteiger charge is 2.22. The number of nitrogens with zero attached hydrogens (tertiary/aromatic N) is 1. The highest BCUT2D eigenvalue weighted by molar-refractivity contribution is 6.35. The lowest BCUT2D eigenvalue weighted by molar-refractivity contribution is 0.426. The molecule has 0 saturated heterocycles. The van der Waals surface area contributed by atoms with Gasteiger partial charge in [0.25, 0.3) is 0 Å². The first-order valence-corrected chi connectivity index (χ1v) is 8.62. The molecule has 136 valence electrons. The first kappa shape index (κ1) is 17.8. The van der Waals surface area contributed by atoms with Gasteiger partial charge in [-0.1, -0.05) is 41.7 Å². The van der Waals surface area contributed by atoms with Crippen molar-refractivity contribution in [3.63, 3.8) is 0 Å². The van der Waals surface area contributed by atoms with Crippen molar-refractivity contribution in [3.05, 3.63) is 83.4 Å². The molecule has 0 spiro atoms. The second-order valence-corrected chi connectivity index (χ2v) is 6.19. The van der Waals surface area contributed by atoms with Crippen LogP contribution in [-0.2, 0) is 0 Å². The first-order chi connectivity index (χ1) is 13.6. The Morgan fingerprint density at radius 3 is 2.39 bits per heavy atom. The Labute approximate surface area is 161 Å². The topological polar surface area (TPSA) is 35.3 Å². The third-order valence-electron chi connectivity index (χ3n) is 4.12. The molecule has 1 heterocycles. The number of hydrogen-bond donors (Lipinski definition) is 0. The lowest BCUT2D eigenvalue weighted by Gasteiger charge is -2.07. The van der Waals surface area contributed by atoms with Crippen molar-refractivity contribution in [3.8, 4) is 29.0 Å². The molecule has 0 amide bonds. The standard InChI is InChI=1S/C22H14BF2NO2/c1-15-6-8-16(9-7-15)10-11-17-12-13-20(28-23(24)25)18(14-17)22-26-19-4-2-3-5-21(19)27-22/h2-9,12-14H,1H3. The molecule has 3 nitrogen and oxygen atoms in total. The molecule has 0 atom stereocenters. The van der Waals surface area contributed by atoms with Crippen molar-refractivity contribution >= 4 is 18.6 Å². The van der Waals surface area contributed by atoms with Gasteiger partial charge in [0.1, 0.15) is 11.3 Å². The van der Waals surface area contributed by atoms with E-state index in [1.54, 1.807) is 24.3 Å². The van der Waals surface area contributed by atoms with Gasteiger partial charge in [-0.3, -0.25) is 0 Å². The second kappa shape index (κ2) is 7.57. The number of oxazole rings is 1. The maximum atomic E-state index is 12.8. The molecule has 4 rings (SSSR count). The van der Waals surface area contributed by atoms with Gasteiger partial charge in [-0.15, -0.1) is 0 Å². The summed E-state index contributed by atoms with van der Waals surface area (Å²) in [7, 11) is -2.95. The monoisotopic (exact) mass is 373 g/mol. The van der Waals surface area contributed by atoms with Gasteiger partial charge in [-0.2, -0.15) is 0 Å². The molecule has 0 saturated carbocycles. The van der Waals surface area contributed by atoms with Crippen molar-refractivity contribution in [2.45, 2.75) is 6.92 Å². The van der Waals surface area contributed by atoms with E-state index in [1.165, 1.54) is 6.07 Å². The van der Waals surface area contributed by atoms with Crippen LogP contribution in [0.1, 0.15) is 16.7 Å². The number of rotatable bonds is 3. The van der Waals surface area contributed by atoms with Crippen LogP contribution in [0.3, 0.4) is 0 Å². The maximum Gasteiger partial charge on any atom is 0.796 e. The Morgan fingerprint density at radius 2 is 1.64 bits per heavy atom. The van der Waals surface area contributed by atoms with E-state index in [4.69, 9.17) is 4.42 Å². The zero-order chi connectivity index (χ0) is 19.5. The molecule has 0 aliphatic carbocycles. The highest BCUT2D eigenvalue weighted by atomic mass is 19.2. The number of halogens is 2. The number of aromatic nitrogens is 1. The molecule has 0 radical (unpaired) electrons. The van der Waals surface area contributed by atoms with Crippen molar-refractivity contribution in [1.29, 1.82) is 0 Å². The van der Waals surface area contributed by atoms with Crippen LogP contribution in [-0.4, -0.2) is 12.5 Å². The summed E-state index contributed by atoms with van der Waals surface area (Å²) < 4.78 is 36.0. The zero-order valence-corrected chi connectivity index (χ0v) is 14.9. The molecule has 6 heteroatoms. The normalized spacial score (nSPS) is 10.4. The maximum absolute atomic E-state index is 12.8. The van der Waals surface area contributed by atoms with Crippen molar-refractivity contribution < 1.29 is 17.7 Å². The third-order valence-corrected chi connectivity index (χ3v) is 4.12. The Morgan fingerprint density at radius 1 is 0.929 bits per heavy atom. The van der Waals surface area contributed by atoms with Crippen LogP contribution >= 0.6 is 0 Å². The lowest BCUT2D eigenvalue weighted by atomic mass is 10.1. The molecular formula is C22H14BF2NO2. The fourth-order valence-electron chi connectivity index (χ4n) is 2.74. The minimum atomic E-state index is -2.95. The van der Waals surface area contributed by atoms with Gasteiger partial charge in [0.05, 0.1) is 5.56 Å². The summed E-state index contributed by atoms with van der Waals surface area (Å²) in [4.78, 5) is 4.38. The Balaban J connectivity index is 1.76. The van der Waals surface area contributed by atoms with Crippen molar-refractivity contribution in [2.75, 3.05) is 0 Å². The van der Waals surface area contributed by atoms with Crippen molar-refractivity contribution in [2.24, 2.45) is 0 Å². The van der Waals surface area contributed by atoms with E-state index in [1.807, 2.05) is 43.3 Å². The van der Waals surface area contributed by atoms with E-state index in [2.05, 4.69) is 21.5 Å². The fraction of sp³-hybridized carbons (Fsp3) is 0.0455. The predicted molar refractivity (Wildman–Crippen MR) is 105 cm³/mol. The molecule has 28 heavy (non-hydrogen) atoms. The average molecular weight is 373 g/mol. The number of hydrogen-bond acceptors (Lipinski definition) is 3. The van der Waals surface area contributed by atoms with E-state index in [0.29, 0.717) is 22.2 Å². The SMILES string of the molecule is Cc1ccc(C#Cc2ccc(OB(F)F)c(-c3nc4ccccc4o3)c2)cc1. The second-order valence-electron chi connectivity index (χ2n) is 6.19. The molecule has 3 aromatic carbocycles. The van der Waals surface area contributed by atoms with Crippen molar-refractivity contribution in [1.82, 2.24) is 4.98 Å². The average Bonchev–Trinajstić information content (AvgIpc) is 3.12. The van der Waals surface area contributed by atoms with Crippen LogP contribution < -0.4 is 4.65 Å². The summed E-state index contributed by atoms with van der Waals surface area (Å²) >= 11 is 0. The highest BCUT2D eigenvalue weighted by Crippen LogP contribution is 2.33. The summed E-state index contributed by atoms with van der Waals surface area (Å²) in [6.45, 7) is 2.01. The minimum absolute atomic E-state index is 0.0116. The van der Waals surface area contributed by atoms with Crippen LogP contribution in [0.15, 0.2) is 71.1 Å². The Hall–Kier alpha value is -3.59. The van der Waals surface area contributed by atoms with E-state index >= 15 is 0 Å². The molecule has 0 unspecified atom stereocenters. The summed E-state index contributed by atoms with van der Waals surface area (Å²) in [6.07, 6.45) is 0. The van der Waals surface area contributed by atoms with Gasteiger partial charge < -0.3 is 9.07 Å². The smallest absolute Gasteiger partial charge is 0.505 e. The van der Waals surface area contributed by atoms with Gasteiger partial charge in [0, 0.05) is 11.1 Å². The quantitative estimate of drug-likeness (QED) is 0.351. The number of benzene rings is 3. The molecule has 0 bridgehead atoms. The lowest BCUT2D eigenvalue weighted by Crippen LogP contribution is -2.09. The van der Waals surface area contributed by atoms with Crippen LogP contribution in [0.4, 0.5) is 8.63 Å².